The molecule has 9 heteroatoms. The Bertz CT molecular complexity index is 872. The van der Waals surface area contributed by atoms with Gasteiger partial charge in [-0.25, -0.2) is 13.2 Å². The summed E-state index contributed by atoms with van der Waals surface area (Å²) in [5.41, 5.74) is 1.17. The molecule has 26 heavy (non-hydrogen) atoms. The predicted molar refractivity (Wildman–Crippen MR) is 96.3 cm³/mol. The summed E-state index contributed by atoms with van der Waals surface area (Å²) in [5, 5.41) is 3.18. The lowest BCUT2D eigenvalue weighted by molar-refractivity contribution is 0.208. The number of alkyl halides is 2. The fourth-order valence-corrected chi connectivity index (χ4v) is 3.03. The second kappa shape index (κ2) is 8.01. The summed E-state index contributed by atoms with van der Waals surface area (Å²) >= 11 is 5.85. The highest BCUT2D eigenvalue weighted by molar-refractivity contribution is 7.91. The van der Waals surface area contributed by atoms with E-state index in [0.717, 1.165) is 17.7 Å². The van der Waals surface area contributed by atoms with Crippen molar-refractivity contribution in [2.45, 2.75) is 23.6 Å². The lowest BCUT2D eigenvalue weighted by Gasteiger charge is -2.25. The number of anilines is 1. The Kier molecular flexibility index (Phi) is 6.20. The van der Waals surface area contributed by atoms with Gasteiger partial charge in [0.2, 0.25) is 9.84 Å². The molecule has 0 saturated heterocycles. The average molecular weight is 403 g/mol. The highest BCUT2D eigenvalue weighted by atomic mass is 35.5. The van der Waals surface area contributed by atoms with Crippen LogP contribution in [0, 0.1) is 0 Å². The summed E-state index contributed by atoms with van der Waals surface area (Å²) < 4.78 is 47.8. The standard InChI is InChI=1S/C17H17ClF2N2O3S/c1-11(12-3-5-13(18)6-4-12)22(2)17(23)21-14-7-9-15(10-8-14)26(24,25)16(19)20/h3-11,16H,1-2H3,(H,21,23)/t11-/m0/s1. The van der Waals surface area contributed by atoms with Crippen LogP contribution in [0.5, 0.6) is 0 Å². The zero-order chi connectivity index (χ0) is 19.5. The number of urea groups is 1. The number of amides is 2. The van der Waals surface area contributed by atoms with Crippen LogP contribution in [0.25, 0.3) is 0 Å². The highest BCUT2D eigenvalue weighted by Gasteiger charge is 2.26. The molecule has 1 N–H and O–H groups in total. The average Bonchev–Trinajstić information content (AvgIpc) is 2.61. The molecule has 5 nitrogen and oxygen atoms in total. The van der Waals surface area contributed by atoms with Crippen molar-refractivity contribution in [2.24, 2.45) is 0 Å². The van der Waals surface area contributed by atoms with E-state index in [-0.39, 0.29) is 6.04 Å². The van der Waals surface area contributed by atoms with Crippen molar-refractivity contribution in [3.8, 4) is 0 Å². The van der Waals surface area contributed by atoms with Crippen LogP contribution in [-0.4, -0.2) is 32.2 Å². The summed E-state index contributed by atoms with van der Waals surface area (Å²) in [5.74, 6) is -3.49. The van der Waals surface area contributed by atoms with Crippen LogP contribution in [0.4, 0.5) is 19.3 Å². The van der Waals surface area contributed by atoms with E-state index in [1.54, 1.807) is 31.3 Å². The highest BCUT2D eigenvalue weighted by Crippen LogP contribution is 2.23. The molecule has 2 rings (SSSR count). The largest absolute Gasteiger partial charge is 0.341 e. The van der Waals surface area contributed by atoms with Crippen LogP contribution in [-0.2, 0) is 9.84 Å². The maximum absolute atomic E-state index is 12.5. The fourth-order valence-electron chi connectivity index (χ4n) is 2.18. The molecule has 0 aliphatic carbocycles. The minimum absolute atomic E-state index is 0.245. The Balaban J connectivity index is 2.08. The van der Waals surface area contributed by atoms with Gasteiger partial charge < -0.3 is 10.2 Å². The molecule has 1 atom stereocenters. The summed E-state index contributed by atoms with van der Waals surface area (Å²) in [6, 6.07) is 11.0. The van der Waals surface area contributed by atoms with Gasteiger partial charge in [-0.05, 0) is 48.9 Å². The third-order valence-corrected chi connectivity index (χ3v) is 5.57. The van der Waals surface area contributed by atoms with Crippen LogP contribution in [0.1, 0.15) is 18.5 Å². The van der Waals surface area contributed by atoms with Gasteiger partial charge in [0.1, 0.15) is 0 Å². The molecule has 0 fully saturated rings. The summed E-state index contributed by atoms with van der Waals surface area (Å²) in [4.78, 5) is 13.3. The van der Waals surface area contributed by atoms with Gasteiger partial charge in [-0.15, -0.1) is 0 Å². The van der Waals surface area contributed by atoms with E-state index in [1.807, 2.05) is 6.92 Å². The maximum atomic E-state index is 12.5. The Hall–Kier alpha value is -2.19. The number of benzene rings is 2. The van der Waals surface area contributed by atoms with E-state index in [1.165, 1.54) is 17.0 Å². The molecule has 2 aromatic rings. The van der Waals surface area contributed by atoms with E-state index in [4.69, 9.17) is 11.6 Å². The molecule has 0 spiro atoms. The molecular formula is C17H17ClF2N2O3S. The number of nitrogens with one attached hydrogen (secondary N) is 1. The Morgan fingerprint density at radius 2 is 1.62 bits per heavy atom. The topological polar surface area (TPSA) is 66.5 Å². The molecule has 0 saturated carbocycles. The first-order chi connectivity index (χ1) is 12.1. The molecule has 0 radical (unpaired) electrons. The number of halogens is 3. The van der Waals surface area contributed by atoms with Crippen molar-refractivity contribution < 1.29 is 22.0 Å². The van der Waals surface area contributed by atoms with E-state index < -0.39 is 26.5 Å². The third-order valence-electron chi connectivity index (χ3n) is 3.92. The quantitative estimate of drug-likeness (QED) is 0.797. The first kappa shape index (κ1) is 20.1. The molecule has 0 aromatic heterocycles. The third kappa shape index (κ3) is 4.50. The second-order valence-corrected chi connectivity index (χ2v) is 7.95. The van der Waals surface area contributed by atoms with Gasteiger partial charge in [0, 0.05) is 17.8 Å². The van der Waals surface area contributed by atoms with Crippen molar-refractivity contribution in [3.63, 3.8) is 0 Å². The molecule has 140 valence electrons. The SMILES string of the molecule is C[C@@H](c1ccc(Cl)cc1)N(C)C(=O)Nc1ccc(S(=O)(=O)C(F)F)cc1. The van der Waals surface area contributed by atoms with Gasteiger partial charge in [0.25, 0.3) is 0 Å². The van der Waals surface area contributed by atoms with Gasteiger partial charge in [-0.1, -0.05) is 23.7 Å². The van der Waals surface area contributed by atoms with Gasteiger partial charge >= 0.3 is 11.8 Å². The lowest BCUT2D eigenvalue weighted by Crippen LogP contribution is -2.33. The molecule has 0 bridgehead atoms. The number of hydrogen-bond donors (Lipinski definition) is 1. The van der Waals surface area contributed by atoms with E-state index in [9.17, 15) is 22.0 Å². The summed E-state index contributed by atoms with van der Waals surface area (Å²) in [7, 11) is -3.06. The van der Waals surface area contributed by atoms with Crippen molar-refractivity contribution in [3.05, 3.63) is 59.1 Å². The number of sulfone groups is 1. The Morgan fingerprint density at radius 3 is 2.12 bits per heavy atom. The van der Waals surface area contributed by atoms with Crippen LogP contribution in [0.15, 0.2) is 53.4 Å². The zero-order valence-electron chi connectivity index (χ0n) is 14.0. The van der Waals surface area contributed by atoms with Gasteiger partial charge in [-0.2, -0.15) is 8.78 Å². The van der Waals surface area contributed by atoms with Crippen molar-refractivity contribution in [2.75, 3.05) is 12.4 Å². The Morgan fingerprint density at radius 1 is 1.08 bits per heavy atom. The van der Waals surface area contributed by atoms with Crippen LogP contribution in [0.3, 0.4) is 0 Å². The van der Waals surface area contributed by atoms with Crippen LogP contribution in [0.2, 0.25) is 5.02 Å². The van der Waals surface area contributed by atoms with Crippen molar-refractivity contribution in [1.82, 2.24) is 4.90 Å². The minimum atomic E-state index is -4.66. The first-order valence-corrected chi connectivity index (χ1v) is 9.46. The van der Waals surface area contributed by atoms with Gasteiger partial charge in [-0.3, -0.25) is 0 Å². The van der Waals surface area contributed by atoms with Crippen molar-refractivity contribution in [1.29, 1.82) is 0 Å². The lowest BCUT2D eigenvalue weighted by atomic mass is 10.1. The molecule has 0 unspecified atom stereocenters. The molecular weight excluding hydrogens is 386 g/mol. The number of carbonyl (C=O) groups excluding carboxylic acids is 1. The normalized spacial score (nSPS) is 12.7. The van der Waals surface area contributed by atoms with Gasteiger partial charge in [0.05, 0.1) is 10.9 Å². The zero-order valence-corrected chi connectivity index (χ0v) is 15.6. The minimum Gasteiger partial charge on any atom is -0.321 e. The molecule has 0 aliphatic rings. The monoisotopic (exact) mass is 402 g/mol. The van der Waals surface area contributed by atoms with E-state index >= 15 is 0 Å². The summed E-state index contributed by atoms with van der Waals surface area (Å²) in [6.07, 6.45) is 0. The molecule has 2 amide bonds. The number of hydrogen-bond acceptors (Lipinski definition) is 3. The maximum Gasteiger partial charge on any atom is 0.341 e. The van der Waals surface area contributed by atoms with E-state index in [2.05, 4.69) is 5.32 Å². The Labute approximate surface area is 155 Å². The van der Waals surface area contributed by atoms with Crippen molar-refractivity contribution >= 4 is 33.2 Å². The van der Waals surface area contributed by atoms with Crippen LogP contribution >= 0.6 is 11.6 Å². The van der Waals surface area contributed by atoms with Crippen LogP contribution < -0.4 is 5.32 Å². The predicted octanol–water partition coefficient (Wildman–Crippen LogP) is 4.56. The summed E-state index contributed by atoms with van der Waals surface area (Å²) in [6.45, 7) is 1.83. The number of rotatable bonds is 5. The smallest absolute Gasteiger partial charge is 0.321 e. The molecule has 0 heterocycles. The molecule has 0 aliphatic heterocycles. The fraction of sp³-hybridized carbons (Fsp3) is 0.235. The van der Waals surface area contributed by atoms with E-state index in [0.29, 0.717) is 10.7 Å². The molecule has 2 aromatic carbocycles. The van der Waals surface area contributed by atoms with Gasteiger partial charge in [0.15, 0.2) is 0 Å². The number of nitrogens with zero attached hydrogens (tertiary/aromatic N) is 1. The number of carbonyl (C=O) groups is 1. The first-order valence-electron chi connectivity index (χ1n) is 7.54. The second-order valence-electron chi connectivity index (χ2n) is 5.60.